The third-order valence-corrected chi connectivity index (χ3v) is 5.45. The third-order valence-electron chi connectivity index (χ3n) is 5.45. The maximum absolute atomic E-state index is 12.9. The van der Waals surface area contributed by atoms with Gasteiger partial charge in [0.15, 0.2) is 0 Å². The highest BCUT2D eigenvalue weighted by atomic mass is 16.5. The van der Waals surface area contributed by atoms with Crippen LogP contribution >= 0.6 is 0 Å². The number of aliphatic hydroxyl groups is 1. The number of rotatable bonds is 6. The van der Waals surface area contributed by atoms with Crippen molar-refractivity contribution in [3.8, 4) is 5.75 Å². The summed E-state index contributed by atoms with van der Waals surface area (Å²) in [5.41, 5.74) is 0.700. The van der Waals surface area contributed by atoms with Gasteiger partial charge in [0.25, 0.3) is 5.91 Å². The highest BCUT2D eigenvalue weighted by Gasteiger charge is 2.25. The quantitative estimate of drug-likeness (QED) is 0.847. The first-order valence-corrected chi connectivity index (χ1v) is 10.1. The molecule has 0 unspecified atom stereocenters. The summed E-state index contributed by atoms with van der Waals surface area (Å²) >= 11 is 0. The lowest BCUT2D eigenvalue weighted by Gasteiger charge is -2.33. The number of hydrogen-bond acceptors (Lipinski definition) is 4. The molecule has 0 spiro atoms. The van der Waals surface area contributed by atoms with E-state index in [0.717, 1.165) is 70.6 Å². The van der Waals surface area contributed by atoms with Crippen molar-refractivity contribution in [3.63, 3.8) is 0 Å². The summed E-state index contributed by atoms with van der Waals surface area (Å²) in [6, 6.07) is 7.68. The summed E-state index contributed by atoms with van der Waals surface area (Å²) in [5.74, 6) is 0.833. The summed E-state index contributed by atoms with van der Waals surface area (Å²) in [6.45, 7) is 6.46. The Morgan fingerprint density at radius 1 is 1.15 bits per heavy atom. The number of amides is 1. The number of carbonyl (C=O) groups is 1. The molecule has 2 aliphatic heterocycles. The topological polar surface area (TPSA) is 53.0 Å². The molecule has 0 aliphatic carbocycles. The highest BCUT2D eigenvalue weighted by molar-refractivity contribution is 5.97. The number of nitrogens with zero attached hydrogens (tertiary/aromatic N) is 2. The lowest BCUT2D eigenvalue weighted by molar-refractivity contribution is 0.0698. The van der Waals surface area contributed by atoms with Gasteiger partial charge in [-0.1, -0.05) is 12.1 Å². The molecule has 1 amide bonds. The summed E-state index contributed by atoms with van der Waals surface area (Å²) in [6.07, 6.45) is 6.08. The zero-order valence-corrected chi connectivity index (χ0v) is 15.9. The van der Waals surface area contributed by atoms with E-state index < -0.39 is 0 Å². The molecule has 0 radical (unpaired) electrons. The smallest absolute Gasteiger partial charge is 0.257 e. The second kappa shape index (κ2) is 9.38. The van der Waals surface area contributed by atoms with Gasteiger partial charge in [-0.25, -0.2) is 0 Å². The van der Waals surface area contributed by atoms with Gasteiger partial charge in [-0.2, -0.15) is 0 Å². The van der Waals surface area contributed by atoms with Crippen molar-refractivity contribution in [1.29, 1.82) is 0 Å². The maximum atomic E-state index is 12.9. The first kappa shape index (κ1) is 19.2. The van der Waals surface area contributed by atoms with Gasteiger partial charge in [-0.05, 0) is 57.6 Å². The first-order chi connectivity index (χ1) is 12.6. The largest absolute Gasteiger partial charge is 0.489 e. The Labute approximate surface area is 156 Å². The van der Waals surface area contributed by atoms with Crippen molar-refractivity contribution < 1.29 is 14.6 Å². The number of hydrogen-bond donors (Lipinski definition) is 1. The predicted molar refractivity (Wildman–Crippen MR) is 103 cm³/mol. The zero-order chi connectivity index (χ0) is 18.4. The molecule has 3 rings (SSSR count). The van der Waals surface area contributed by atoms with E-state index in [1.165, 1.54) is 6.42 Å². The van der Waals surface area contributed by atoms with Crippen LogP contribution in [0.1, 0.15) is 55.8 Å². The van der Waals surface area contributed by atoms with Gasteiger partial charge in [-0.3, -0.25) is 4.79 Å². The third kappa shape index (κ3) is 5.21. The molecule has 1 atom stereocenters. The van der Waals surface area contributed by atoms with Crippen molar-refractivity contribution in [2.75, 3.05) is 32.7 Å². The number of ether oxygens (including phenoxy) is 1. The fourth-order valence-corrected chi connectivity index (χ4v) is 3.81. The molecule has 1 aromatic carbocycles. The summed E-state index contributed by atoms with van der Waals surface area (Å²) in [7, 11) is 0. The van der Waals surface area contributed by atoms with Gasteiger partial charge < -0.3 is 19.6 Å². The minimum atomic E-state index is -0.239. The van der Waals surface area contributed by atoms with Crippen LogP contribution in [-0.2, 0) is 0 Å². The Kier molecular flexibility index (Phi) is 6.92. The van der Waals surface area contributed by atoms with Crippen molar-refractivity contribution in [1.82, 2.24) is 9.80 Å². The van der Waals surface area contributed by atoms with Gasteiger partial charge in [0.2, 0.25) is 0 Å². The Bertz CT molecular complexity index is 576. The first-order valence-electron chi connectivity index (χ1n) is 10.1. The van der Waals surface area contributed by atoms with E-state index in [9.17, 15) is 9.90 Å². The molecule has 1 aromatic rings. The second-order valence-electron chi connectivity index (χ2n) is 7.65. The fourth-order valence-electron chi connectivity index (χ4n) is 3.81. The monoisotopic (exact) mass is 360 g/mol. The Morgan fingerprint density at radius 3 is 2.54 bits per heavy atom. The molecule has 0 saturated carbocycles. The number of para-hydroxylation sites is 1. The van der Waals surface area contributed by atoms with Crippen LogP contribution in [0.3, 0.4) is 0 Å². The Balaban J connectivity index is 1.56. The van der Waals surface area contributed by atoms with Crippen LogP contribution in [0.15, 0.2) is 24.3 Å². The average Bonchev–Trinajstić information content (AvgIpc) is 2.68. The summed E-state index contributed by atoms with van der Waals surface area (Å²) < 4.78 is 6.25. The molecule has 2 aliphatic rings. The summed E-state index contributed by atoms with van der Waals surface area (Å²) in [5, 5.41) is 9.43. The molecule has 144 valence electrons. The van der Waals surface area contributed by atoms with E-state index in [2.05, 4.69) is 4.90 Å². The van der Waals surface area contributed by atoms with Crippen LogP contribution in [0, 0.1) is 0 Å². The SMILES string of the molecule is C[C@@H](O)CCN1CCC(Oc2ccccc2C(=O)N2CCCCC2)CC1. The molecule has 2 saturated heterocycles. The molecule has 1 N–H and O–H groups in total. The molecule has 2 fully saturated rings. The Morgan fingerprint density at radius 2 is 1.85 bits per heavy atom. The van der Waals surface area contributed by atoms with Crippen LogP contribution in [0.4, 0.5) is 0 Å². The van der Waals surface area contributed by atoms with Crippen molar-refractivity contribution in [2.45, 2.75) is 57.7 Å². The van der Waals surface area contributed by atoms with E-state index in [-0.39, 0.29) is 18.1 Å². The van der Waals surface area contributed by atoms with Crippen LogP contribution < -0.4 is 4.74 Å². The second-order valence-corrected chi connectivity index (χ2v) is 7.65. The van der Waals surface area contributed by atoms with E-state index in [0.29, 0.717) is 5.56 Å². The summed E-state index contributed by atoms with van der Waals surface area (Å²) in [4.78, 5) is 17.2. The van der Waals surface area contributed by atoms with Crippen molar-refractivity contribution >= 4 is 5.91 Å². The molecule has 2 heterocycles. The zero-order valence-electron chi connectivity index (χ0n) is 15.9. The molecular weight excluding hydrogens is 328 g/mol. The van der Waals surface area contributed by atoms with Gasteiger partial charge in [-0.15, -0.1) is 0 Å². The molecule has 0 bridgehead atoms. The Hall–Kier alpha value is -1.59. The standard InChI is InChI=1S/C21H32N2O3/c1-17(24)9-14-22-15-10-18(11-16-22)26-20-8-4-3-7-19(20)21(25)23-12-5-2-6-13-23/h3-4,7-8,17-18,24H,2,5-6,9-16H2,1H3/t17-/m1/s1. The predicted octanol–water partition coefficient (Wildman–Crippen LogP) is 2.93. The van der Waals surface area contributed by atoms with Crippen LogP contribution in [0.25, 0.3) is 0 Å². The minimum absolute atomic E-state index is 0.106. The highest BCUT2D eigenvalue weighted by Crippen LogP contribution is 2.25. The lowest BCUT2D eigenvalue weighted by Crippen LogP contribution is -2.40. The van der Waals surface area contributed by atoms with E-state index in [4.69, 9.17) is 4.74 Å². The fraction of sp³-hybridized carbons (Fsp3) is 0.667. The number of benzene rings is 1. The molecule has 0 aromatic heterocycles. The van der Waals surface area contributed by atoms with Gasteiger partial charge in [0, 0.05) is 32.7 Å². The van der Waals surface area contributed by atoms with Crippen molar-refractivity contribution in [3.05, 3.63) is 29.8 Å². The van der Waals surface area contributed by atoms with Crippen LogP contribution in [0.2, 0.25) is 0 Å². The van der Waals surface area contributed by atoms with Crippen molar-refractivity contribution in [2.24, 2.45) is 0 Å². The number of aliphatic hydroxyl groups excluding tert-OH is 1. The van der Waals surface area contributed by atoms with E-state index in [1.807, 2.05) is 36.1 Å². The van der Waals surface area contributed by atoms with Gasteiger partial charge in [0.1, 0.15) is 11.9 Å². The molecule has 26 heavy (non-hydrogen) atoms. The lowest BCUT2D eigenvalue weighted by atomic mass is 10.1. The van der Waals surface area contributed by atoms with E-state index >= 15 is 0 Å². The minimum Gasteiger partial charge on any atom is -0.489 e. The maximum Gasteiger partial charge on any atom is 0.257 e. The number of carbonyl (C=O) groups excluding carboxylic acids is 1. The van der Waals surface area contributed by atoms with Crippen LogP contribution in [0.5, 0.6) is 5.75 Å². The molecule has 5 nitrogen and oxygen atoms in total. The normalized spacial score (nSPS) is 20.8. The number of likely N-dealkylation sites (tertiary alicyclic amines) is 2. The van der Waals surface area contributed by atoms with E-state index in [1.54, 1.807) is 0 Å². The molecule has 5 heteroatoms. The van der Waals surface area contributed by atoms with Gasteiger partial charge in [0.05, 0.1) is 11.7 Å². The average molecular weight is 360 g/mol. The molecular formula is C21H32N2O3. The van der Waals surface area contributed by atoms with Crippen LogP contribution in [-0.4, -0.2) is 65.7 Å². The van der Waals surface area contributed by atoms with Gasteiger partial charge >= 0.3 is 0 Å². The number of piperidine rings is 2.